The second kappa shape index (κ2) is 16.3. The lowest BCUT2D eigenvalue weighted by Crippen LogP contribution is -2.34. The number of likely N-dealkylation sites (N-methyl/N-ethyl adjacent to an activating group) is 1. The van der Waals surface area contributed by atoms with Gasteiger partial charge in [-0.1, -0.05) is 84.3 Å². The zero-order valence-corrected chi connectivity index (χ0v) is 32.8. The average Bonchev–Trinajstić information content (AvgIpc) is 2.93. The Bertz CT molecular complexity index is 2020. The molecule has 12 heteroatoms. The molecule has 0 fully saturated rings. The normalized spacial score (nSPS) is 13.1. The number of benzene rings is 3. The molecule has 3 aromatic carbocycles. The van der Waals surface area contributed by atoms with Crippen LogP contribution in [0, 0.1) is 62.3 Å². The molecule has 0 aliphatic carbocycles. The van der Waals surface area contributed by atoms with Gasteiger partial charge in [0, 0.05) is 32.7 Å². The summed E-state index contributed by atoms with van der Waals surface area (Å²) >= 11 is 0. The number of hydrogen-bond donors (Lipinski definition) is 1. The summed E-state index contributed by atoms with van der Waals surface area (Å²) in [5.41, 5.74) is 6.83. The molecule has 0 aliphatic heterocycles. The standard InChI is InChI=1S/C37H51N3O6S3/c1-11-39(48(43,44)36-31(7)22-27(3)23-32(36)8)17-14-15-19-40(49(45,46)37-33(9)24-28(4)25-34(37)10)18-13-12-16-38-47(41,42)35-29(5)20-26(2)21-30(35)6/h12-15,20-25,38H,11,16-19H2,1-10H3/b13-12-,15-14-. The van der Waals surface area contributed by atoms with Crippen LogP contribution in [0.4, 0.5) is 0 Å². The van der Waals surface area contributed by atoms with Gasteiger partial charge in [0.15, 0.2) is 0 Å². The molecule has 1 N–H and O–H groups in total. The van der Waals surface area contributed by atoms with Crippen molar-refractivity contribution in [1.82, 2.24) is 13.3 Å². The van der Waals surface area contributed by atoms with E-state index in [4.69, 9.17) is 0 Å². The molecule has 9 nitrogen and oxygen atoms in total. The van der Waals surface area contributed by atoms with Crippen molar-refractivity contribution < 1.29 is 25.3 Å². The van der Waals surface area contributed by atoms with Crippen LogP contribution < -0.4 is 4.72 Å². The third-order valence-electron chi connectivity index (χ3n) is 8.28. The zero-order chi connectivity index (χ0) is 36.9. The van der Waals surface area contributed by atoms with Gasteiger partial charge in [0.2, 0.25) is 30.1 Å². The summed E-state index contributed by atoms with van der Waals surface area (Å²) < 4.78 is 86.8. The van der Waals surface area contributed by atoms with Crippen LogP contribution in [0.25, 0.3) is 0 Å². The number of aryl methyl sites for hydroxylation is 9. The van der Waals surface area contributed by atoms with E-state index in [1.807, 2.05) is 57.2 Å². The molecule has 0 aromatic heterocycles. The Labute approximate surface area is 294 Å². The summed E-state index contributed by atoms with van der Waals surface area (Å²) in [5, 5.41) is 0. The number of hydrogen-bond acceptors (Lipinski definition) is 6. The summed E-state index contributed by atoms with van der Waals surface area (Å²) in [6.07, 6.45) is 6.53. The summed E-state index contributed by atoms with van der Waals surface area (Å²) in [6, 6.07) is 11.0. The van der Waals surface area contributed by atoms with Crippen molar-refractivity contribution in [3.63, 3.8) is 0 Å². The minimum absolute atomic E-state index is 0.0207. The molecule has 0 atom stereocenters. The van der Waals surface area contributed by atoms with Crippen LogP contribution in [-0.2, 0) is 30.1 Å². The van der Waals surface area contributed by atoms with E-state index < -0.39 is 30.1 Å². The smallest absolute Gasteiger partial charge is 0.207 e. The van der Waals surface area contributed by atoms with Crippen molar-refractivity contribution in [3.8, 4) is 0 Å². The molecule has 268 valence electrons. The van der Waals surface area contributed by atoms with Gasteiger partial charge in [-0.3, -0.25) is 0 Å². The molecule has 0 unspecified atom stereocenters. The molecule has 0 aliphatic rings. The van der Waals surface area contributed by atoms with Crippen LogP contribution in [-0.4, -0.2) is 66.6 Å². The Kier molecular flexibility index (Phi) is 13.4. The van der Waals surface area contributed by atoms with Crippen molar-refractivity contribution >= 4 is 30.1 Å². The van der Waals surface area contributed by atoms with Crippen LogP contribution in [0.2, 0.25) is 0 Å². The third-order valence-corrected chi connectivity index (χ3v) is 14.4. The predicted molar refractivity (Wildman–Crippen MR) is 199 cm³/mol. The first-order valence-electron chi connectivity index (χ1n) is 16.3. The zero-order valence-electron chi connectivity index (χ0n) is 30.4. The summed E-state index contributed by atoms with van der Waals surface area (Å²) in [6.45, 7) is 18.4. The first-order valence-corrected chi connectivity index (χ1v) is 20.6. The van der Waals surface area contributed by atoms with Gasteiger partial charge >= 0.3 is 0 Å². The van der Waals surface area contributed by atoms with Gasteiger partial charge in [0.25, 0.3) is 0 Å². The van der Waals surface area contributed by atoms with E-state index in [0.717, 1.165) is 16.7 Å². The molecule has 0 saturated heterocycles. The summed E-state index contributed by atoms with van der Waals surface area (Å²) in [5.74, 6) is 0. The fraction of sp³-hybridized carbons (Fsp3) is 0.405. The molecule has 3 rings (SSSR count). The van der Waals surface area contributed by atoms with Gasteiger partial charge < -0.3 is 0 Å². The number of nitrogens with zero attached hydrogens (tertiary/aromatic N) is 2. The number of nitrogens with one attached hydrogen (secondary N) is 1. The highest BCUT2D eigenvalue weighted by Crippen LogP contribution is 2.27. The predicted octanol–water partition coefficient (Wildman–Crippen LogP) is 6.25. The van der Waals surface area contributed by atoms with Gasteiger partial charge in [-0.25, -0.2) is 30.0 Å². The fourth-order valence-corrected chi connectivity index (χ4v) is 11.5. The lowest BCUT2D eigenvalue weighted by Gasteiger charge is -2.23. The highest BCUT2D eigenvalue weighted by molar-refractivity contribution is 7.90. The SMILES string of the molecule is CCN(C/C=C\CN(C/C=C\CNS(=O)(=O)c1c(C)cc(C)cc1C)S(=O)(=O)c1c(C)cc(C)cc1C)S(=O)(=O)c1c(C)cc(C)cc1C. The van der Waals surface area contributed by atoms with Crippen LogP contribution in [0.15, 0.2) is 75.4 Å². The van der Waals surface area contributed by atoms with E-state index in [-0.39, 0.29) is 47.4 Å². The maximum Gasteiger partial charge on any atom is 0.244 e. The molecular formula is C37H51N3O6S3. The average molecular weight is 730 g/mol. The van der Waals surface area contributed by atoms with Gasteiger partial charge in [-0.05, 0) is 95.7 Å². The van der Waals surface area contributed by atoms with Crippen molar-refractivity contribution in [1.29, 1.82) is 0 Å². The molecule has 0 spiro atoms. The lowest BCUT2D eigenvalue weighted by atomic mass is 10.1. The molecular weight excluding hydrogens is 679 g/mol. The molecule has 0 saturated carbocycles. The van der Waals surface area contributed by atoms with Crippen LogP contribution in [0.1, 0.15) is 57.0 Å². The molecule has 0 radical (unpaired) electrons. The van der Waals surface area contributed by atoms with E-state index in [1.165, 1.54) is 8.61 Å². The Morgan fingerprint density at radius 2 is 0.796 bits per heavy atom. The topological polar surface area (TPSA) is 121 Å². The van der Waals surface area contributed by atoms with Gasteiger partial charge in [0.1, 0.15) is 0 Å². The second-order valence-corrected chi connectivity index (χ2v) is 18.2. The Balaban J connectivity index is 1.85. The Hall–Kier alpha value is -3.13. The van der Waals surface area contributed by atoms with E-state index in [1.54, 1.807) is 72.8 Å². The molecule has 49 heavy (non-hydrogen) atoms. The largest absolute Gasteiger partial charge is 0.244 e. The van der Waals surface area contributed by atoms with Gasteiger partial charge in [-0.15, -0.1) is 0 Å². The van der Waals surface area contributed by atoms with Crippen molar-refractivity contribution in [2.45, 2.75) is 83.9 Å². The van der Waals surface area contributed by atoms with Crippen molar-refractivity contribution in [2.24, 2.45) is 0 Å². The summed E-state index contributed by atoms with van der Waals surface area (Å²) in [7, 11) is -11.6. The number of sulfonamides is 3. The highest BCUT2D eigenvalue weighted by Gasteiger charge is 2.28. The Morgan fingerprint density at radius 3 is 1.16 bits per heavy atom. The van der Waals surface area contributed by atoms with Gasteiger partial charge in [0.05, 0.1) is 14.7 Å². The van der Waals surface area contributed by atoms with E-state index in [9.17, 15) is 25.3 Å². The summed E-state index contributed by atoms with van der Waals surface area (Å²) in [4.78, 5) is 0.743. The molecule has 0 bridgehead atoms. The van der Waals surface area contributed by atoms with Crippen LogP contribution in [0.5, 0.6) is 0 Å². The van der Waals surface area contributed by atoms with Crippen molar-refractivity contribution in [2.75, 3.05) is 32.7 Å². The minimum Gasteiger partial charge on any atom is -0.207 e. The van der Waals surface area contributed by atoms with E-state index >= 15 is 0 Å². The maximum absolute atomic E-state index is 14.1. The van der Waals surface area contributed by atoms with E-state index in [2.05, 4.69) is 4.72 Å². The van der Waals surface area contributed by atoms with Crippen molar-refractivity contribution in [3.05, 3.63) is 111 Å². The highest BCUT2D eigenvalue weighted by atomic mass is 32.2. The quantitative estimate of drug-likeness (QED) is 0.185. The lowest BCUT2D eigenvalue weighted by molar-refractivity contribution is 0.454. The second-order valence-electron chi connectivity index (χ2n) is 12.8. The first-order chi connectivity index (χ1) is 22.7. The first kappa shape index (κ1) is 40.3. The molecule has 0 heterocycles. The maximum atomic E-state index is 14.1. The minimum atomic E-state index is -3.99. The fourth-order valence-electron chi connectivity index (χ4n) is 6.55. The third kappa shape index (κ3) is 9.56. The molecule has 3 aromatic rings. The van der Waals surface area contributed by atoms with Crippen LogP contribution >= 0.6 is 0 Å². The molecule has 0 amide bonds. The van der Waals surface area contributed by atoms with Crippen LogP contribution in [0.3, 0.4) is 0 Å². The Morgan fingerprint density at radius 1 is 0.490 bits per heavy atom. The monoisotopic (exact) mass is 729 g/mol. The van der Waals surface area contributed by atoms with E-state index in [0.29, 0.717) is 33.4 Å². The number of rotatable bonds is 15. The van der Waals surface area contributed by atoms with Gasteiger partial charge in [-0.2, -0.15) is 8.61 Å².